The highest BCUT2D eigenvalue weighted by Gasteiger charge is 2.30. The van der Waals surface area contributed by atoms with E-state index in [9.17, 15) is 26.4 Å². The molecule has 0 aromatic heterocycles. The zero-order chi connectivity index (χ0) is 18.8. The molecule has 0 heterocycles. The van der Waals surface area contributed by atoms with E-state index in [0.717, 1.165) is 25.5 Å². The molecule has 0 saturated carbocycles. The number of rotatable bonds is 4. The quantitative estimate of drug-likeness (QED) is 0.833. The van der Waals surface area contributed by atoms with Gasteiger partial charge >= 0.3 is 12.1 Å². The molecule has 0 aliphatic carbocycles. The Morgan fingerprint density at radius 2 is 1.68 bits per heavy atom. The predicted octanol–water partition coefficient (Wildman–Crippen LogP) is 3.53. The van der Waals surface area contributed by atoms with Crippen LogP contribution >= 0.6 is 0 Å². The van der Waals surface area contributed by atoms with Crippen molar-refractivity contribution in [3.8, 4) is 11.1 Å². The van der Waals surface area contributed by atoms with Crippen molar-refractivity contribution < 1.29 is 31.1 Å². The largest absolute Gasteiger partial charge is 0.465 e. The van der Waals surface area contributed by atoms with Crippen LogP contribution in [0.25, 0.3) is 11.1 Å². The molecule has 5 nitrogen and oxygen atoms in total. The van der Waals surface area contributed by atoms with Crippen molar-refractivity contribution in [2.24, 2.45) is 0 Å². The van der Waals surface area contributed by atoms with Crippen molar-refractivity contribution in [1.82, 2.24) is 0 Å². The minimum Gasteiger partial charge on any atom is -0.465 e. The normalized spacial score (nSPS) is 11.9. The van der Waals surface area contributed by atoms with Crippen LogP contribution in [-0.4, -0.2) is 27.8 Å². The molecule has 0 aliphatic heterocycles. The average molecular weight is 373 g/mol. The number of carbonyl (C=O) groups excluding carboxylic acids is 1. The second kappa shape index (κ2) is 6.75. The molecule has 0 saturated heterocycles. The van der Waals surface area contributed by atoms with Gasteiger partial charge in [-0.3, -0.25) is 4.72 Å². The molecule has 0 fully saturated rings. The maximum absolute atomic E-state index is 12.7. The standard InChI is InChI=1S/C16H14F3NO4S/c1-24-15(21)14-9-12(20-25(2,22)23)7-8-13(14)10-3-5-11(6-4-10)16(17,18)19/h3-9,20H,1-2H3. The number of nitrogens with one attached hydrogen (secondary N) is 1. The van der Waals surface area contributed by atoms with Crippen LogP contribution in [0, 0.1) is 0 Å². The Morgan fingerprint density at radius 3 is 2.16 bits per heavy atom. The fourth-order valence-corrected chi connectivity index (χ4v) is 2.75. The molecule has 25 heavy (non-hydrogen) atoms. The van der Waals surface area contributed by atoms with Gasteiger partial charge in [0.25, 0.3) is 0 Å². The van der Waals surface area contributed by atoms with Gasteiger partial charge in [0.15, 0.2) is 0 Å². The number of hydrogen-bond donors (Lipinski definition) is 1. The molecule has 0 radical (unpaired) electrons. The second-order valence-electron chi connectivity index (χ2n) is 5.20. The number of methoxy groups -OCH3 is 1. The molecule has 9 heteroatoms. The van der Waals surface area contributed by atoms with E-state index < -0.39 is 27.7 Å². The highest BCUT2D eigenvalue weighted by atomic mass is 32.2. The fraction of sp³-hybridized carbons (Fsp3) is 0.188. The third-order valence-corrected chi connectivity index (χ3v) is 3.86. The van der Waals surface area contributed by atoms with E-state index in [2.05, 4.69) is 9.46 Å². The van der Waals surface area contributed by atoms with Gasteiger partial charge in [-0.2, -0.15) is 13.2 Å². The third kappa shape index (κ3) is 4.72. The molecule has 2 rings (SSSR count). The number of esters is 1. The van der Waals surface area contributed by atoms with Crippen molar-refractivity contribution >= 4 is 21.7 Å². The molecule has 0 bridgehead atoms. The number of sulfonamides is 1. The SMILES string of the molecule is COC(=O)c1cc(NS(C)(=O)=O)ccc1-c1ccc(C(F)(F)F)cc1. The Bertz CT molecular complexity index is 891. The molecular formula is C16H14F3NO4S. The zero-order valence-corrected chi connectivity index (χ0v) is 14.0. The summed E-state index contributed by atoms with van der Waals surface area (Å²) >= 11 is 0. The summed E-state index contributed by atoms with van der Waals surface area (Å²) in [6.07, 6.45) is -3.51. The first-order valence-electron chi connectivity index (χ1n) is 6.89. The molecular weight excluding hydrogens is 359 g/mol. The van der Waals surface area contributed by atoms with Gasteiger partial charge in [-0.05, 0) is 35.4 Å². The van der Waals surface area contributed by atoms with Crippen LogP contribution in [0.15, 0.2) is 42.5 Å². The van der Waals surface area contributed by atoms with Crippen LogP contribution < -0.4 is 4.72 Å². The average Bonchev–Trinajstić information content (AvgIpc) is 2.52. The molecule has 2 aromatic rings. The molecule has 0 unspecified atom stereocenters. The Balaban J connectivity index is 2.51. The summed E-state index contributed by atoms with van der Waals surface area (Å²) in [5, 5.41) is 0. The number of carbonyl (C=O) groups is 1. The maximum Gasteiger partial charge on any atom is 0.416 e. The van der Waals surface area contributed by atoms with Crippen LogP contribution in [0.3, 0.4) is 0 Å². The second-order valence-corrected chi connectivity index (χ2v) is 6.95. The molecule has 0 spiro atoms. The zero-order valence-electron chi connectivity index (χ0n) is 13.2. The van der Waals surface area contributed by atoms with Gasteiger partial charge in [-0.25, -0.2) is 13.2 Å². The first kappa shape index (κ1) is 18.8. The number of ether oxygens (including phenoxy) is 1. The van der Waals surface area contributed by atoms with Gasteiger partial charge in [-0.15, -0.1) is 0 Å². The Kier molecular flexibility index (Phi) is 5.07. The lowest BCUT2D eigenvalue weighted by Gasteiger charge is -2.12. The summed E-state index contributed by atoms with van der Waals surface area (Å²) in [6, 6.07) is 8.36. The van der Waals surface area contributed by atoms with Crippen molar-refractivity contribution in [2.45, 2.75) is 6.18 Å². The summed E-state index contributed by atoms with van der Waals surface area (Å²) in [7, 11) is -2.40. The van der Waals surface area contributed by atoms with Crippen LogP contribution in [0.2, 0.25) is 0 Å². The smallest absolute Gasteiger partial charge is 0.416 e. The van der Waals surface area contributed by atoms with E-state index >= 15 is 0 Å². The van der Waals surface area contributed by atoms with Gasteiger partial charge in [0.2, 0.25) is 10.0 Å². The summed E-state index contributed by atoms with van der Waals surface area (Å²) in [5.41, 5.74) is 0.0274. The third-order valence-electron chi connectivity index (χ3n) is 3.25. The van der Waals surface area contributed by atoms with Crippen LogP contribution in [0.4, 0.5) is 18.9 Å². The van der Waals surface area contributed by atoms with E-state index in [1.807, 2.05) is 0 Å². The van der Waals surface area contributed by atoms with E-state index in [-0.39, 0.29) is 11.3 Å². The van der Waals surface area contributed by atoms with Crippen molar-refractivity contribution in [1.29, 1.82) is 0 Å². The summed E-state index contributed by atoms with van der Waals surface area (Å²) in [4.78, 5) is 12.0. The molecule has 0 amide bonds. The number of anilines is 1. The van der Waals surface area contributed by atoms with Crippen LogP contribution in [0.1, 0.15) is 15.9 Å². The van der Waals surface area contributed by atoms with Gasteiger partial charge in [-0.1, -0.05) is 18.2 Å². The van der Waals surface area contributed by atoms with Crippen molar-refractivity contribution in [2.75, 3.05) is 18.1 Å². The Hall–Kier alpha value is -2.55. The van der Waals surface area contributed by atoms with E-state index in [4.69, 9.17) is 0 Å². The number of benzene rings is 2. The number of halogens is 3. The van der Waals surface area contributed by atoms with E-state index in [1.165, 1.54) is 30.3 Å². The monoisotopic (exact) mass is 373 g/mol. The summed E-state index contributed by atoms with van der Waals surface area (Å²) in [5.74, 6) is -0.743. The maximum atomic E-state index is 12.7. The summed E-state index contributed by atoms with van der Waals surface area (Å²) in [6.45, 7) is 0. The fourth-order valence-electron chi connectivity index (χ4n) is 2.19. The molecule has 0 atom stereocenters. The summed E-state index contributed by atoms with van der Waals surface area (Å²) < 4.78 is 67.5. The first-order valence-corrected chi connectivity index (χ1v) is 8.78. The van der Waals surface area contributed by atoms with Gasteiger partial charge < -0.3 is 4.74 Å². The minimum absolute atomic E-state index is 0.0240. The van der Waals surface area contributed by atoms with Crippen molar-refractivity contribution in [3.63, 3.8) is 0 Å². The van der Waals surface area contributed by atoms with E-state index in [1.54, 1.807) is 0 Å². The van der Waals surface area contributed by atoms with Crippen LogP contribution in [-0.2, 0) is 20.9 Å². The highest BCUT2D eigenvalue weighted by molar-refractivity contribution is 7.92. The lowest BCUT2D eigenvalue weighted by molar-refractivity contribution is -0.137. The van der Waals surface area contributed by atoms with Gasteiger partial charge in [0.1, 0.15) is 0 Å². The van der Waals surface area contributed by atoms with E-state index in [0.29, 0.717) is 11.1 Å². The minimum atomic E-state index is -4.47. The molecule has 1 N–H and O–H groups in total. The molecule has 0 aliphatic rings. The van der Waals surface area contributed by atoms with Gasteiger partial charge in [0.05, 0.1) is 24.5 Å². The molecule has 2 aromatic carbocycles. The molecule has 134 valence electrons. The Labute approximate surface area is 142 Å². The number of hydrogen-bond acceptors (Lipinski definition) is 4. The lowest BCUT2D eigenvalue weighted by atomic mass is 9.98. The van der Waals surface area contributed by atoms with Crippen LogP contribution in [0.5, 0.6) is 0 Å². The Morgan fingerprint density at radius 1 is 1.08 bits per heavy atom. The predicted molar refractivity (Wildman–Crippen MR) is 86.7 cm³/mol. The topological polar surface area (TPSA) is 72.5 Å². The highest BCUT2D eigenvalue weighted by Crippen LogP contribution is 2.32. The van der Waals surface area contributed by atoms with Crippen molar-refractivity contribution in [3.05, 3.63) is 53.6 Å². The number of alkyl halides is 3. The first-order chi connectivity index (χ1) is 11.5. The van der Waals surface area contributed by atoms with Gasteiger partial charge in [0, 0.05) is 5.69 Å². The lowest BCUT2D eigenvalue weighted by Crippen LogP contribution is -2.11.